The zero-order valence-corrected chi connectivity index (χ0v) is 12.2. The van der Waals surface area contributed by atoms with E-state index in [9.17, 15) is 4.39 Å². The highest BCUT2D eigenvalue weighted by molar-refractivity contribution is 9.10. The Hall–Kier alpha value is -0.550. The molecule has 1 unspecified atom stereocenters. The molecule has 1 N–H and O–H groups in total. The van der Waals surface area contributed by atoms with Gasteiger partial charge in [-0.25, -0.2) is 4.39 Å². The molecule has 1 heterocycles. The largest absolute Gasteiger partial charge is 0.335 e. The van der Waals surface area contributed by atoms with E-state index >= 15 is 0 Å². The van der Waals surface area contributed by atoms with Crippen LogP contribution in [0.15, 0.2) is 27.7 Å². The van der Waals surface area contributed by atoms with Crippen molar-refractivity contribution in [3.05, 3.63) is 28.5 Å². The van der Waals surface area contributed by atoms with Gasteiger partial charge in [-0.05, 0) is 47.5 Å². The van der Waals surface area contributed by atoms with E-state index in [4.69, 9.17) is 0 Å². The van der Waals surface area contributed by atoms with Gasteiger partial charge in [-0.2, -0.15) is 0 Å². The summed E-state index contributed by atoms with van der Waals surface area (Å²) in [6.45, 7) is 4.27. The molecular formula is C12H14BrFN2S. The molecule has 92 valence electrons. The van der Waals surface area contributed by atoms with Gasteiger partial charge in [-0.15, -0.1) is 0 Å². The van der Waals surface area contributed by atoms with Crippen LogP contribution in [0.25, 0.3) is 0 Å². The molecule has 1 aliphatic rings. The van der Waals surface area contributed by atoms with Crippen molar-refractivity contribution in [2.45, 2.75) is 25.8 Å². The predicted molar refractivity (Wildman–Crippen MR) is 76.3 cm³/mol. The molecular weight excluding hydrogens is 303 g/mol. The fourth-order valence-corrected chi connectivity index (χ4v) is 2.91. The van der Waals surface area contributed by atoms with E-state index in [0.29, 0.717) is 4.47 Å². The van der Waals surface area contributed by atoms with Crippen molar-refractivity contribution in [3.8, 4) is 0 Å². The molecule has 0 radical (unpaired) electrons. The van der Waals surface area contributed by atoms with Crippen LogP contribution >= 0.6 is 27.7 Å². The third-order valence-corrected chi connectivity index (χ3v) is 4.70. The highest BCUT2D eigenvalue weighted by Crippen LogP contribution is 2.31. The van der Waals surface area contributed by atoms with Crippen LogP contribution in [0, 0.1) is 5.82 Å². The van der Waals surface area contributed by atoms with Crippen LogP contribution in [0.4, 0.5) is 10.1 Å². The Kier molecular flexibility index (Phi) is 3.78. The number of hydrogen-bond acceptors (Lipinski definition) is 3. The van der Waals surface area contributed by atoms with E-state index in [2.05, 4.69) is 40.1 Å². The van der Waals surface area contributed by atoms with Gasteiger partial charge in [0, 0.05) is 11.4 Å². The summed E-state index contributed by atoms with van der Waals surface area (Å²) in [5.74, 6) is 0.710. The van der Waals surface area contributed by atoms with Crippen molar-refractivity contribution in [3.63, 3.8) is 0 Å². The molecule has 1 atom stereocenters. The Morgan fingerprint density at radius 1 is 1.59 bits per heavy atom. The SMILES string of the molecule is CCC1(C)CSC(Nc2ccc(Br)c(F)c2)=N1. The summed E-state index contributed by atoms with van der Waals surface area (Å²) in [6, 6.07) is 4.99. The molecule has 0 fully saturated rings. The lowest BCUT2D eigenvalue weighted by Crippen LogP contribution is -2.20. The molecule has 1 aromatic rings. The first kappa shape index (κ1) is 12.9. The number of nitrogens with one attached hydrogen (secondary N) is 1. The Balaban J connectivity index is 2.12. The van der Waals surface area contributed by atoms with Crippen molar-refractivity contribution >= 4 is 38.5 Å². The average Bonchev–Trinajstić information content (AvgIpc) is 2.67. The molecule has 0 aliphatic carbocycles. The van der Waals surface area contributed by atoms with Crippen molar-refractivity contribution in [2.75, 3.05) is 11.1 Å². The fourth-order valence-electron chi connectivity index (χ4n) is 1.48. The highest BCUT2D eigenvalue weighted by Gasteiger charge is 2.28. The summed E-state index contributed by atoms with van der Waals surface area (Å²) in [7, 11) is 0. The number of thioether (sulfide) groups is 1. The molecule has 17 heavy (non-hydrogen) atoms. The lowest BCUT2D eigenvalue weighted by Gasteiger charge is -2.15. The number of benzene rings is 1. The van der Waals surface area contributed by atoms with Crippen LogP contribution in [-0.4, -0.2) is 16.5 Å². The van der Waals surface area contributed by atoms with Gasteiger partial charge in [0.15, 0.2) is 5.17 Å². The van der Waals surface area contributed by atoms with E-state index in [0.717, 1.165) is 23.0 Å². The third kappa shape index (κ3) is 3.01. The number of hydrogen-bond donors (Lipinski definition) is 1. The van der Waals surface area contributed by atoms with Gasteiger partial charge < -0.3 is 5.32 Å². The van der Waals surface area contributed by atoms with Crippen molar-refractivity contribution in [1.82, 2.24) is 0 Å². The van der Waals surface area contributed by atoms with Crippen LogP contribution in [0.5, 0.6) is 0 Å². The second kappa shape index (κ2) is 4.98. The maximum absolute atomic E-state index is 13.3. The molecule has 1 aliphatic heterocycles. The number of amidine groups is 1. The van der Waals surface area contributed by atoms with E-state index in [1.807, 2.05) is 6.07 Å². The summed E-state index contributed by atoms with van der Waals surface area (Å²) in [4.78, 5) is 4.62. The van der Waals surface area contributed by atoms with Gasteiger partial charge in [0.1, 0.15) is 5.82 Å². The second-order valence-corrected chi connectivity index (χ2v) is 6.13. The van der Waals surface area contributed by atoms with Gasteiger partial charge in [0.05, 0.1) is 10.0 Å². The molecule has 2 rings (SSSR count). The van der Waals surface area contributed by atoms with Crippen LogP contribution in [-0.2, 0) is 0 Å². The minimum absolute atomic E-state index is 0.0148. The molecule has 2 nitrogen and oxygen atoms in total. The average molecular weight is 317 g/mol. The van der Waals surface area contributed by atoms with Crippen molar-refractivity contribution in [1.29, 1.82) is 0 Å². The van der Waals surface area contributed by atoms with Crippen LogP contribution in [0.2, 0.25) is 0 Å². The minimum Gasteiger partial charge on any atom is -0.335 e. The van der Waals surface area contributed by atoms with Gasteiger partial charge in [0.2, 0.25) is 0 Å². The van der Waals surface area contributed by atoms with Crippen molar-refractivity contribution < 1.29 is 4.39 Å². The minimum atomic E-state index is -0.267. The van der Waals surface area contributed by atoms with E-state index in [-0.39, 0.29) is 11.4 Å². The molecule has 1 aromatic carbocycles. The van der Waals surface area contributed by atoms with Gasteiger partial charge in [-0.3, -0.25) is 4.99 Å². The lowest BCUT2D eigenvalue weighted by atomic mass is 10.0. The number of nitrogens with zero attached hydrogens (tertiary/aromatic N) is 1. The van der Waals surface area contributed by atoms with Gasteiger partial charge in [0.25, 0.3) is 0 Å². The number of halogens is 2. The Morgan fingerprint density at radius 2 is 2.35 bits per heavy atom. The molecule has 0 amide bonds. The van der Waals surface area contributed by atoms with E-state index in [1.165, 1.54) is 6.07 Å². The first-order chi connectivity index (χ1) is 8.02. The summed E-state index contributed by atoms with van der Waals surface area (Å²) >= 11 is 4.82. The number of anilines is 1. The van der Waals surface area contributed by atoms with Crippen molar-refractivity contribution in [2.24, 2.45) is 4.99 Å². The summed E-state index contributed by atoms with van der Waals surface area (Å²) in [5.41, 5.74) is 0.748. The molecule has 5 heteroatoms. The summed E-state index contributed by atoms with van der Waals surface area (Å²) in [5, 5.41) is 4.02. The smallest absolute Gasteiger partial charge is 0.161 e. The second-order valence-electron chi connectivity index (χ2n) is 4.31. The first-order valence-corrected chi connectivity index (χ1v) is 7.25. The van der Waals surface area contributed by atoms with Crippen LogP contribution in [0.1, 0.15) is 20.3 Å². The monoisotopic (exact) mass is 316 g/mol. The first-order valence-electron chi connectivity index (χ1n) is 5.47. The van der Waals surface area contributed by atoms with E-state index < -0.39 is 0 Å². The molecule has 0 bridgehead atoms. The normalized spacial score (nSPS) is 23.6. The van der Waals surface area contributed by atoms with Gasteiger partial charge in [-0.1, -0.05) is 18.7 Å². The van der Waals surface area contributed by atoms with Gasteiger partial charge >= 0.3 is 0 Å². The summed E-state index contributed by atoms with van der Waals surface area (Å²) < 4.78 is 13.8. The molecule has 0 aromatic heterocycles. The van der Waals surface area contributed by atoms with E-state index in [1.54, 1.807) is 17.8 Å². The van der Waals surface area contributed by atoms with Crippen LogP contribution < -0.4 is 5.32 Å². The topological polar surface area (TPSA) is 24.4 Å². The third-order valence-electron chi connectivity index (χ3n) is 2.82. The maximum atomic E-state index is 13.3. The lowest BCUT2D eigenvalue weighted by molar-refractivity contribution is 0.523. The highest BCUT2D eigenvalue weighted by atomic mass is 79.9. The quantitative estimate of drug-likeness (QED) is 0.881. The molecule has 0 saturated carbocycles. The summed E-state index contributed by atoms with van der Waals surface area (Å²) in [6.07, 6.45) is 1.01. The van der Waals surface area contributed by atoms with Crippen LogP contribution in [0.3, 0.4) is 0 Å². The molecule has 0 spiro atoms. The Labute approximate surface area is 113 Å². The molecule has 0 saturated heterocycles. The Bertz CT molecular complexity index is 464. The number of rotatable bonds is 2. The zero-order valence-electron chi connectivity index (χ0n) is 9.76. The predicted octanol–water partition coefficient (Wildman–Crippen LogP) is 4.27. The maximum Gasteiger partial charge on any atom is 0.161 e. The number of aliphatic imine (C=N–C) groups is 1. The Morgan fingerprint density at radius 3 is 2.94 bits per heavy atom. The zero-order chi connectivity index (χ0) is 12.5. The fraction of sp³-hybridized carbons (Fsp3) is 0.417. The standard InChI is InChI=1S/C12H14BrFN2S/c1-3-12(2)7-17-11(16-12)15-8-4-5-9(13)10(14)6-8/h4-6H,3,7H2,1-2H3,(H,15,16).